The molecule has 0 radical (unpaired) electrons. The molecule has 0 aromatic rings. The number of likely N-dealkylation sites (tertiary alicyclic amines) is 2. The molecule has 0 saturated carbocycles. The molecule has 2 heterocycles. The molecular weight excluding hydrogens is 320 g/mol. The van der Waals surface area contributed by atoms with E-state index in [0.29, 0.717) is 5.57 Å². The molecule has 126 valence electrons. The highest BCUT2D eigenvalue weighted by atomic mass is 32.2. The van der Waals surface area contributed by atoms with Gasteiger partial charge < -0.3 is 5.11 Å². The first-order valence-electron chi connectivity index (χ1n) is 7.41. The Morgan fingerprint density at radius 1 is 1.17 bits per heavy atom. The molecule has 2 unspecified atom stereocenters. The predicted molar refractivity (Wildman–Crippen MR) is 84.2 cm³/mol. The fourth-order valence-electron chi connectivity index (χ4n) is 2.80. The molecule has 0 aromatic carbocycles. The van der Waals surface area contributed by atoms with Crippen molar-refractivity contribution in [1.82, 2.24) is 9.80 Å². The van der Waals surface area contributed by atoms with Gasteiger partial charge >= 0.3 is 5.97 Å². The summed E-state index contributed by atoms with van der Waals surface area (Å²) in [5, 5.41) is 8.94. The Balaban J connectivity index is 2.38. The maximum Gasteiger partial charge on any atom is 0.352 e. The van der Waals surface area contributed by atoms with Gasteiger partial charge in [-0.3, -0.25) is 24.2 Å². The number of thioether (sulfide) groups is 1. The Morgan fingerprint density at radius 2 is 1.70 bits per heavy atom. The van der Waals surface area contributed by atoms with Crippen LogP contribution in [0.1, 0.15) is 40.5 Å². The fraction of sp³-hybridized carbons (Fsp3) is 0.600. The molecule has 7 nitrogen and oxygen atoms in total. The molecule has 2 saturated heterocycles. The second-order valence-electron chi connectivity index (χ2n) is 6.04. The van der Waals surface area contributed by atoms with Crippen molar-refractivity contribution in [3.05, 3.63) is 11.3 Å². The first kappa shape index (κ1) is 17.5. The highest BCUT2D eigenvalue weighted by molar-refractivity contribution is 8.00. The lowest BCUT2D eigenvalue weighted by molar-refractivity contribution is -0.162. The van der Waals surface area contributed by atoms with E-state index in [9.17, 15) is 24.3 Å². The minimum atomic E-state index is -1.19. The summed E-state index contributed by atoms with van der Waals surface area (Å²) >= 11 is 1.38. The zero-order chi connectivity index (χ0) is 17.5. The van der Waals surface area contributed by atoms with Crippen molar-refractivity contribution in [2.45, 2.75) is 57.2 Å². The number of carboxylic acids is 1. The Morgan fingerprint density at radius 3 is 2.09 bits per heavy atom. The van der Waals surface area contributed by atoms with E-state index in [-0.39, 0.29) is 35.6 Å². The Kier molecular flexibility index (Phi) is 4.84. The van der Waals surface area contributed by atoms with Crippen molar-refractivity contribution < 1.29 is 24.3 Å². The van der Waals surface area contributed by atoms with Gasteiger partial charge in [-0.05, 0) is 19.4 Å². The highest BCUT2D eigenvalue weighted by Crippen LogP contribution is 2.40. The second-order valence-corrected chi connectivity index (χ2v) is 7.74. The van der Waals surface area contributed by atoms with E-state index >= 15 is 0 Å². The Labute approximate surface area is 138 Å². The van der Waals surface area contributed by atoms with Crippen molar-refractivity contribution in [3.63, 3.8) is 0 Å². The van der Waals surface area contributed by atoms with Crippen LogP contribution < -0.4 is 0 Å². The number of hydrogen-bond acceptors (Lipinski definition) is 5. The Hall–Kier alpha value is -1.83. The summed E-state index contributed by atoms with van der Waals surface area (Å²) in [4.78, 5) is 50.1. The quantitative estimate of drug-likeness (QED) is 0.459. The zero-order valence-corrected chi connectivity index (χ0v) is 14.3. The molecule has 23 heavy (non-hydrogen) atoms. The van der Waals surface area contributed by atoms with Crippen molar-refractivity contribution in [2.24, 2.45) is 0 Å². The van der Waals surface area contributed by atoms with E-state index in [1.807, 2.05) is 13.8 Å². The van der Waals surface area contributed by atoms with Gasteiger partial charge in [0.2, 0.25) is 11.8 Å². The normalized spacial score (nSPS) is 24.3. The minimum Gasteiger partial charge on any atom is -0.477 e. The summed E-state index contributed by atoms with van der Waals surface area (Å²) in [6.45, 7) is 7.07. The Bertz CT molecular complexity index is 593. The molecule has 2 aliphatic heterocycles. The topological polar surface area (TPSA) is 95.0 Å². The van der Waals surface area contributed by atoms with Crippen molar-refractivity contribution >= 4 is 35.5 Å². The van der Waals surface area contributed by atoms with Gasteiger partial charge in [0.15, 0.2) is 0 Å². The summed E-state index contributed by atoms with van der Waals surface area (Å²) in [6, 6.07) is -0.904. The summed E-state index contributed by atoms with van der Waals surface area (Å²) in [5.41, 5.74) is 0.418. The van der Waals surface area contributed by atoms with Gasteiger partial charge in [0.1, 0.15) is 17.1 Å². The summed E-state index contributed by atoms with van der Waals surface area (Å²) in [5.74, 6) is -2.43. The summed E-state index contributed by atoms with van der Waals surface area (Å²) in [6.07, 6.45) is 0.215. The van der Waals surface area contributed by atoms with Crippen LogP contribution in [0.25, 0.3) is 0 Å². The number of carboxylic acid groups (broad SMARTS) is 1. The van der Waals surface area contributed by atoms with Crippen molar-refractivity contribution in [2.75, 3.05) is 0 Å². The van der Waals surface area contributed by atoms with Gasteiger partial charge in [-0.15, -0.1) is 11.8 Å². The summed E-state index contributed by atoms with van der Waals surface area (Å²) in [7, 11) is 0. The van der Waals surface area contributed by atoms with E-state index in [1.165, 1.54) is 16.7 Å². The lowest BCUT2D eigenvalue weighted by Gasteiger charge is -2.49. The number of imide groups is 1. The average Bonchev–Trinajstić information content (AvgIpc) is 2.74. The van der Waals surface area contributed by atoms with E-state index in [4.69, 9.17) is 0 Å². The number of allylic oxidation sites excluding steroid dienone is 1. The van der Waals surface area contributed by atoms with Gasteiger partial charge in [0.25, 0.3) is 5.91 Å². The van der Waals surface area contributed by atoms with Crippen LogP contribution >= 0.6 is 11.8 Å². The smallest absolute Gasteiger partial charge is 0.352 e. The largest absolute Gasteiger partial charge is 0.477 e. The van der Waals surface area contributed by atoms with Gasteiger partial charge in [-0.25, -0.2) is 4.79 Å². The van der Waals surface area contributed by atoms with Crippen LogP contribution in [-0.4, -0.2) is 55.3 Å². The molecule has 0 spiro atoms. The van der Waals surface area contributed by atoms with E-state index in [0.717, 1.165) is 4.90 Å². The highest BCUT2D eigenvalue weighted by Gasteiger charge is 2.57. The van der Waals surface area contributed by atoms with Crippen LogP contribution in [0.2, 0.25) is 0 Å². The monoisotopic (exact) mass is 340 g/mol. The molecule has 2 fully saturated rings. The first-order valence-corrected chi connectivity index (χ1v) is 8.35. The number of amides is 3. The van der Waals surface area contributed by atoms with Gasteiger partial charge in [-0.2, -0.15) is 0 Å². The van der Waals surface area contributed by atoms with E-state index in [2.05, 4.69) is 0 Å². The molecule has 8 heteroatoms. The SMILES string of the molecule is CC(C)=C(C(=O)O)N1C(=O)C(N2C(=O)CCC2=O)C1SC(C)C. The van der Waals surface area contributed by atoms with Crippen LogP contribution in [0.3, 0.4) is 0 Å². The van der Waals surface area contributed by atoms with E-state index < -0.39 is 23.3 Å². The van der Waals surface area contributed by atoms with Crippen LogP contribution in [0.4, 0.5) is 0 Å². The lowest BCUT2D eigenvalue weighted by atomic mass is 10.0. The molecule has 0 bridgehead atoms. The number of carbonyl (C=O) groups excluding carboxylic acids is 3. The third-order valence-corrected chi connectivity index (χ3v) is 5.00. The molecule has 3 amide bonds. The zero-order valence-electron chi connectivity index (χ0n) is 13.5. The molecule has 1 N–H and O–H groups in total. The minimum absolute atomic E-state index is 0.0801. The number of hydrogen-bond donors (Lipinski definition) is 1. The molecule has 2 aliphatic rings. The fourth-order valence-corrected chi connectivity index (χ4v) is 4.08. The second kappa shape index (κ2) is 6.35. The number of rotatable bonds is 5. The van der Waals surface area contributed by atoms with Gasteiger partial charge in [-0.1, -0.05) is 13.8 Å². The van der Waals surface area contributed by atoms with E-state index in [1.54, 1.807) is 13.8 Å². The maximum atomic E-state index is 12.6. The molecule has 2 atom stereocenters. The third kappa shape index (κ3) is 2.99. The standard InChI is InChI=1S/C15H20N2O5S/c1-7(2)11(15(21)22)17-13(20)12(14(17)23-8(3)4)16-9(18)5-6-10(16)19/h8,12,14H,5-6H2,1-4H3,(H,21,22). The summed E-state index contributed by atoms with van der Waals surface area (Å²) < 4.78 is 0. The number of carbonyl (C=O) groups is 4. The van der Waals surface area contributed by atoms with Crippen molar-refractivity contribution in [1.29, 1.82) is 0 Å². The maximum absolute atomic E-state index is 12.6. The van der Waals surface area contributed by atoms with Gasteiger partial charge in [0, 0.05) is 18.1 Å². The number of aliphatic carboxylic acids is 1. The van der Waals surface area contributed by atoms with Crippen LogP contribution in [0, 0.1) is 0 Å². The third-order valence-electron chi connectivity index (χ3n) is 3.71. The lowest BCUT2D eigenvalue weighted by Crippen LogP contribution is -2.70. The van der Waals surface area contributed by atoms with Crippen LogP contribution in [0.15, 0.2) is 11.3 Å². The average molecular weight is 340 g/mol. The van der Waals surface area contributed by atoms with Gasteiger partial charge in [0.05, 0.1) is 0 Å². The molecular formula is C15H20N2O5S. The van der Waals surface area contributed by atoms with Crippen molar-refractivity contribution in [3.8, 4) is 0 Å². The van der Waals surface area contributed by atoms with Crippen LogP contribution in [-0.2, 0) is 19.2 Å². The molecule has 2 rings (SSSR count). The molecule has 0 aromatic heterocycles. The molecule has 0 aliphatic carbocycles. The predicted octanol–water partition coefficient (Wildman–Crippen LogP) is 1.19. The van der Waals surface area contributed by atoms with Crippen LogP contribution in [0.5, 0.6) is 0 Å². The number of nitrogens with zero attached hydrogens (tertiary/aromatic N) is 2. The number of β-lactam (4-membered cyclic amide) rings is 1. The first-order chi connectivity index (χ1) is 10.7.